The van der Waals surface area contributed by atoms with E-state index >= 15 is 0 Å². The Morgan fingerprint density at radius 3 is 2.94 bits per heavy atom. The van der Waals surface area contributed by atoms with E-state index in [1.807, 2.05) is 48.7 Å². The molecule has 1 aromatic carbocycles. The molecular formula is C24H25N5O2. The van der Waals surface area contributed by atoms with Gasteiger partial charge in [0, 0.05) is 37.6 Å². The Hall–Kier alpha value is -3.61. The van der Waals surface area contributed by atoms with Gasteiger partial charge in [-0.1, -0.05) is 18.2 Å². The van der Waals surface area contributed by atoms with Crippen molar-refractivity contribution in [2.24, 2.45) is 5.92 Å². The van der Waals surface area contributed by atoms with Crippen molar-refractivity contribution in [3.8, 4) is 5.75 Å². The Balaban J connectivity index is 1.35. The van der Waals surface area contributed by atoms with E-state index in [0.717, 1.165) is 47.6 Å². The maximum Gasteiger partial charge on any atom is 0.225 e. The lowest BCUT2D eigenvalue weighted by Gasteiger charge is -2.33. The number of amides is 1. The van der Waals surface area contributed by atoms with Gasteiger partial charge < -0.3 is 19.4 Å². The highest BCUT2D eigenvalue weighted by Crippen LogP contribution is 2.28. The summed E-state index contributed by atoms with van der Waals surface area (Å²) in [6, 6.07) is 15.8. The van der Waals surface area contributed by atoms with Gasteiger partial charge in [-0.05, 0) is 43.2 Å². The van der Waals surface area contributed by atoms with Crippen LogP contribution in [0.25, 0.3) is 16.7 Å². The van der Waals surface area contributed by atoms with Crippen LogP contribution in [0.1, 0.15) is 18.4 Å². The number of hydrogen-bond donors (Lipinski definition) is 1. The fourth-order valence-electron chi connectivity index (χ4n) is 4.39. The number of anilines is 1. The number of carbonyl (C=O) groups excluding carboxylic acids is 1. The van der Waals surface area contributed by atoms with Crippen LogP contribution in [0.4, 0.5) is 5.82 Å². The summed E-state index contributed by atoms with van der Waals surface area (Å²) in [5, 5.41) is 3.09. The molecule has 0 spiro atoms. The number of nitrogens with zero attached hydrogens (tertiary/aromatic N) is 4. The molecular weight excluding hydrogens is 390 g/mol. The third-order valence-electron chi connectivity index (χ3n) is 5.95. The second-order valence-electron chi connectivity index (χ2n) is 7.86. The molecule has 1 atom stereocenters. The molecule has 0 aliphatic carbocycles. The van der Waals surface area contributed by atoms with Crippen LogP contribution in [0.3, 0.4) is 0 Å². The lowest BCUT2D eigenvalue weighted by atomic mass is 9.97. The third-order valence-corrected chi connectivity index (χ3v) is 5.95. The van der Waals surface area contributed by atoms with Crippen molar-refractivity contribution >= 4 is 28.4 Å². The summed E-state index contributed by atoms with van der Waals surface area (Å²) in [5.74, 6) is 1.66. The lowest BCUT2D eigenvalue weighted by molar-refractivity contribution is -0.125. The number of rotatable bonds is 5. The van der Waals surface area contributed by atoms with Crippen molar-refractivity contribution in [2.75, 3.05) is 25.1 Å². The van der Waals surface area contributed by atoms with Crippen molar-refractivity contribution in [1.82, 2.24) is 19.7 Å². The molecule has 31 heavy (non-hydrogen) atoms. The summed E-state index contributed by atoms with van der Waals surface area (Å²) in [5.41, 5.74) is 3.71. The van der Waals surface area contributed by atoms with Crippen molar-refractivity contribution < 1.29 is 9.53 Å². The number of aromatic nitrogens is 3. The molecule has 3 aromatic heterocycles. The van der Waals surface area contributed by atoms with E-state index in [4.69, 9.17) is 9.72 Å². The zero-order valence-corrected chi connectivity index (χ0v) is 17.5. The van der Waals surface area contributed by atoms with Gasteiger partial charge >= 0.3 is 0 Å². The van der Waals surface area contributed by atoms with E-state index in [9.17, 15) is 4.79 Å². The summed E-state index contributed by atoms with van der Waals surface area (Å²) >= 11 is 0. The molecule has 0 radical (unpaired) electrons. The van der Waals surface area contributed by atoms with E-state index in [0.29, 0.717) is 18.7 Å². The largest absolute Gasteiger partial charge is 0.496 e. The van der Waals surface area contributed by atoms with Crippen LogP contribution in [0.5, 0.6) is 5.75 Å². The van der Waals surface area contributed by atoms with Gasteiger partial charge in [0.05, 0.1) is 24.1 Å². The predicted molar refractivity (Wildman–Crippen MR) is 120 cm³/mol. The molecule has 1 N–H and O–H groups in total. The lowest BCUT2D eigenvalue weighted by Crippen LogP contribution is -2.43. The Labute approximate surface area is 180 Å². The van der Waals surface area contributed by atoms with Crippen molar-refractivity contribution in [3.63, 3.8) is 0 Å². The summed E-state index contributed by atoms with van der Waals surface area (Å²) in [6.07, 6.45) is 5.61. The Morgan fingerprint density at radius 2 is 2.03 bits per heavy atom. The maximum absolute atomic E-state index is 13.0. The van der Waals surface area contributed by atoms with Gasteiger partial charge in [0.2, 0.25) is 5.91 Å². The maximum atomic E-state index is 13.0. The van der Waals surface area contributed by atoms with Gasteiger partial charge in [0.15, 0.2) is 11.5 Å². The van der Waals surface area contributed by atoms with Gasteiger partial charge in [0.25, 0.3) is 0 Å². The highest BCUT2D eigenvalue weighted by atomic mass is 16.5. The smallest absolute Gasteiger partial charge is 0.225 e. The van der Waals surface area contributed by atoms with Gasteiger partial charge in [-0.25, -0.2) is 9.97 Å². The van der Waals surface area contributed by atoms with Crippen LogP contribution in [0, 0.1) is 5.92 Å². The molecule has 0 saturated carbocycles. The van der Waals surface area contributed by atoms with Crippen LogP contribution in [0.15, 0.2) is 60.9 Å². The predicted octanol–water partition coefficient (Wildman–Crippen LogP) is 3.42. The molecule has 0 bridgehead atoms. The number of benzene rings is 1. The molecule has 1 amide bonds. The van der Waals surface area contributed by atoms with Crippen molar-refractivity contribution in [1.29, 1.82) is 0 Å². The van der Waals surface area contributed by atoms with E-state index in [1.54, 1.807) is 13.3 Å². The second kappa shape index (κ2) is 8.26. The van der Waals surface area contributed by atoms with Gasteiger partial charge in [0.1, 0.15) is 5.75 Å². The monoisotopic (exact) mass is 415 g/mol. The van der Waals surface area contributed by atoms with E-state index in [-0.39, 0.29) is 11.8 Å². The Bertz CT molecular complexity index is 1240. The number of hydrogen-bond acceptors (Lipinski definition) is 5. The minimum absolute atomic E-state index is 0.0703. The average molecular weight is 415 g/mol. The van der Waals surface area contributed by atoms with Crippen LogP contribution < -0.4 is 15.0 Å². The molecule has 1 aliphatic heterocycles. The van der Waals surface area contributed by atoms with Gasteiger partial charge in [-0.15, -0.1) is 0 Å². The molecule has 1 aliphatic rings. The number of methoxy groups -OCH3 is 1. The highest BCUT2D eigenvalue weighted by Gasteiger charge is 2.28. The number of pyridine rings is 1. The molecule has 1 saturated heterocycles. The number of para-hydroxylation sites is 1. The second-order valence-corrected chi connectivity index (χ2v) is 7.86. The quantitative estimate of drug-likeness (QED) is 0.541. The zero-order chi connectivity index (χ0) is 21.2. The minimum atomic E-state index is -0.0836. The molecule has 5 rings (SSSR count). The molecule has 158 valence electrons. The number of piperidine rings is 1. The molecule has 7 nitrogen and oxygen atoms in total. The zero-order valence-electron chi connectivity index (χ0n) is 17.5. The summed E-state index contributed by atoms with van der Waals surface area (Å²) in [4.78, 5) is 24.5. The minimum Gasteiger partial charge on any atom is -0.496 e. The first-order chi connectivity index (χ1) is 15.2. The van der Waals surface area contributed by atoms with Crippen LogP contribution in [-0.4, -0.2) is 40.5 Å². The Kier molecular flexibility index (Phi) is 5.16. The highest BCUT2D eigenvalue weighted by molar-refractivity contribution is 5.84. The molecule has 7 heteroatoms. The number of nitrogens with one attached hydrogen (secondary N) is 1. The first-order valence-corrected chi connectivity index (χ1v) is 10.6. The molecule has 1 fully saturated rings. The Morgan fingerprint density at radius 1 is 1.16 bits per heavy atom. The number of fused-ring (bicyclic) bond motifs is 3. The fourth-order valence-corrected chi connectivity index (χ4v) is 4.39. The standard InChI is InChI=1S/C24H25N5O2/c1-31-21-11-3-2-7-17(21)15-26-24(30)18-8-5-13-28(16-18)23-20-10-6-14-29(20)19-9-4-12-25-22(19)27-23/h2-4,6-7,9-12,14,18H,5,8,13,15-16H2,1H3,(H,26,30). The molecule has 1 unspecified atom stereocenters. The SMILES string of the molecule is COc1ccccc1CNC(=O)C1CCCN(c2nc3ncccc3n3cccc23)C1. The van der Waals surface area contributed by atoms with E-state index in [1.165, 1.54) is 0 Å². The van der Waals surface area contributed by atoms with Crippen molar-refractivity contribution in [3.05, 3.63) is 66.5 Å². The molecule has 4 heterocycles. The fraction of sp³-hybridized carbons (Fsp3) is 0.292. The first-order valence-electron chi connectivity index (χ1n) is 10.6. The number of carbonyl (C=O) groups is 1. The van der Waals surface area contributed by atoms with Crippen molar-refractivity contribution in [2.45, 2.75) is 19.4 Å². The van der Waals surface area contributed by atoms with Crippen LogP contribution >= 0.6 is 0 Å². The van der Waals surface area contributed by atoms with Gasteiger partial charge in [-0.2, -0.15) is 0 Å². The molecule has 4 aromatic rings. The van der Waals surface area contributed by atoms with E-state index in [2.05, 4.69) is 25.7 Å². The van der Waals surface area contributed by atoms with Crippen LogP contribution in [-0.2, 0) is 11.3 Å². The summed E-state index contributed by atoms with van der Waals surface area (Å²) in [7, 11) is 1.65. The topological polar surface area (TPSA) is 71.8 Å². The normalized spacial score (nSPS) is 16.5. The first kappa shape index (κ1) is 19.4. The third kappa shape index (κ3) is 3.67. The van der Waals surface area contributed by atoms with Gasteiger partial charge in [-0.3, -0.25) is 4.79 Å². The summed E-state index contributed by atoms with van der Waals surface area (Å²) in [6.45, 7) is 1.98. The number of ether oxygens (including phenoxy) is 1. The average Bonchev–Trinajstić information content (AvgIpc) is 3.32. The van der Waals surface area contributed by atoms with Crippen LogP contribution in [0.2, 0.25) is 0 Å². The van der Waals surface area contributed by atoms with E-state index < -0.39 is 0 Å². The summed E-state index contributed by atoms with van der Waals surface area (Å²) < 4.78 is 7.51.